The van der Waals surface area contributed by atoms with Gasteiger partial charge in [-0.15, -0.1) is 0 Å². The van der Waals surface area contributed by atoms with Crippen LogP contribution in [0.15, 0.2) is 22.1 Å². The molecule has 3 aliphatic rings. The van der Waals surface area contributed by atoms with Gasteiger partial charge in [0.05, 0.1) is 23.5 Å². The van der Waals surface area contributed by atoms with Gasteiger partial charge in [0.25, 0.3) is 0 Å². The van der Waals surface area contributed by atoms with Crippen molar-refractivity contribution >= 4 is 24.0 Å². The Bertz CT molecular complexity index is 635. The van der Waals surface area contributed by atoms with E-state index in [4.69, 9.17) is 26.6 Å². The lowest BCUT2D eigenvalue weighted by atomic mass is 9.90. The van der Waals surface area contributed by atoms with Gasteiger partial charge in [0, 0.05) is 42.6 Å². The minimum atomic E-state index is 0.323. The number of pyridine rings is 1. The molecule has 0 spiro atoms. The summed E-state index contributed by atoms with van der Waals surface area (Å²) >= 11 is 6.33. The molecule has 146 valence electrons. The van der Waals surface area contributed by atoms with E-state index in [1.807, 2.05) is 24.6 Å². The highest BCUT2D eigenvalue weighted by atomic mass is 35.5. The highest BCUT2D eigenvalue weighted by Gasteiger charge is 2.25. The monoisotopic (exact) mass is 387 g/mol. The Morgan fingerprint density at radius 3 is 1.74 bits per heavy atom. The zero-order chi connectivity index (χ0) is 18.5. The van der Waals surface area contributed by atoms with Crippen molar-refractivity contribution in [2.75, 3.05) is 13.1 Å². The van der Waals surface area contributed by atoms with E-state index in [0.717, 1.165) is 37.3 Å². The number of hydrogen-bond donors (Lipinski definition) is 2. The normalized spacial score (nSPS) is 32.0. The summed E-state index contributed by atoms with van der Waals surface area (Å²) in [6.45, 7) is 1.98. The van der Waals surface area contributed by atoms with Crippen LogP contribution >= 0.6 is 11.6 Å². The average Bonchev–Trinajstić information content (AvgIpc) is 2.69. The van der Waals surface area contributed by atoms with Crippen molar-refractivity contribution in [3.05, 3.63) is 28.5 Å². The highest BCUT2D eigenvalue weighted by molar-refractivity contribution is 6.31. The first-order valence-corrected chi connectivity index (χ1v) is 10.9. The van der Waals surface area contributed by atoms with Crippen LogP contribution in [0.1, 0.15) is 62.8 Å². The van der Waals surface area contributed by atoms with E-state index >= 15 is 0 Å². The number of hydrogen-bond acceptors (Lipinski definition) is 5. The fourth-order valence-corrected chi connectivity index (χ4v) is 4.81. The Hall–Kier alpha value is -1.30. The summed E-state index contributed by atoms with van der Waals surface area (Å²) in [6.07, 6.45) is 13.6. The lowest BCUT2D eigenvalue weighted by Gasteiger charge is -2.31. The largest absolute Gasteiger partial charge is 0.311 e. The maximum atomic E-state index is 6.33. The summed E-state index contributed by atoms with van der Waals surface area (Å²) < 4.78 is 0. The molecule has 1 aromatic heterocycles. The van der Waals surface area contributed by atoms with E-state index in [0.29, 0.717) is 29.2 Å². The summed E-state index contributed by atoms with van der Waals surface area (Å²) in [6, 6.07) is 5.33. The Morgan fingerprint density at radius 1 is 0.741 bits per heavy atom. The molecule has 2 bridgehead atoms. The maximum Gasteiger partial charge on any atom is 0.0830 e. The summed E-state index contributed by atoms with van der Waals surface area (Å²) in [5, 5.41) is 8.18. The summed E-state index contributed by atoms with van der Waals surface area (Å²) in [5.41, 5.74) is 1.64. The zero-order valence-corrected chi connectivity index (χ0v) is 16.7. The summed E-state index contributed by atoms with van der Waals surface area (Å²) in [7, 11) is 0. The van der Waals surface area contributed by atoms with Crippen LogP contribution in [0.25, 0.3) is 0 Å². The number of aliphatic imine (C=N–C) groups is 2. The Balaban J connectivity index is 1.61. The van der Waals surface area contributed by atoms with Crippen molar-refractivity contribution in [1.29, 1.82) is 0 Å². The first-order valence-electron chi connectivity index (χ1n) is 10.5. The molecule has 2 unspecified atom stereocenters. The minimum Gasteiger partial charge on any atom is -0.311 e. The van der Waals surface area contributed by atoms with Crippen LogP contribution in [0.3, 0.4) is 0 Å². The molecule has 2 saturated carbocycles. The molecule has 4 atom stereocenters. The average molecular weight is 388 g/mol. The Kier molecular flexibility index (Phi) is 6.53. The number of nitrogens with one attached hydrogen (secondary N) is 2. The fourth-order valence-electron chi connectivity index (χ4n) is 4.59. The third-order valence-corrected chi connectivity index (χ3v) is 6.24. The van der Waals surface area contributed by atoms with Gasteiger partial charge in [0.15, 0.2) is 0 Å². The van der Waals surface area contributed by atoms with E-state index in [2.05, 4.69) is 10.6 Å². The number of fused-ring (bicyclic) bond motifs is 4. The lowest BCUT2D eigenvalue weighted by Crippen LogP contribution is -2.47. The second kappa shape index (κ2) is 9.26. The standard InChI is InChI=1S/C21H30ClN5/c22-15-11-16-13-25-20-7-3-1-5-18(20)23-9-10-24-19-6-2-4-8-21(19)26-14-17(12-15)27-16/h11-14,18-21,23-24H,1-10H2/t18-,19?,20-,21?/m1/s1. The van der Waals surface area contributed by atoms with Gasteiger partial charge in [-0.2, -0.15) is 0 Å². The van der Waals surface area contributed by atoms with Gasteiger partial charge in [-0.25, -0.2) is 4.98 Å². The predicted octanol–water partition coefficient (Wildman–Crippen LogP) is 3.39. The van der Waals surface area contributed by atoms with Crippen LogP contribution in [-0.2, 0) is 0 Å². The molecule has 1 aliphatic heterocycles. The summed E-state index contributed by atoms with van der Waals surface area (Å²) in [4.78, 5) is 14.4. The summed E-state index contributed by atoms with van der Waals surface area (Å²) in [5.74, 6) is 0. The van der Waals surface area contributed by atoms with Crippen molar-refractivity contribution in [2.24, 2.45) is 9.98 Å². The quantitative estimate of drug-likeness (QED) is 0.717. The first-order chi connectivity index (χ1) is 13.3. The van der Waals surface area contributed by atoms with Crippen molar-refractivity contribution < 1.29 is 0 Å². The first kappa shape index (κ1) is 19.0. The molecule has 0 saturated heterocycles. The van der Waals surface area contributed by atoms with Crippen LogP contribution in [0.5, 0.6) is 0 Å². The molecule has 0 aromatic carbocycles. The third-order valence-electron chi connectivity index (χ3n) is 6.02. The van der Waals surface area contributed by atoms with Gasteiger partial charge in [0.1, 0.15) is 0 Å². The maximum absolute atomic E-state index is 6.33. The van der Waals surface area contributed by atoms with Gasteiger partial charge in [0.2, 0.25) is 0 Å². The topological polar surface area (TPSA) is 61.7 Å². The molecule has 2 N–H and O–H groups in total. The van der Waals surface area contributed by atoms with Crippen LogP contribution in [0.2, 0.25) is 5.02 Å². The van der Waals surface area contributed by atoms with Crippen molar-refractivity contribution in [1.82, 2.24) is 15.6 Å². The zero-order valence-electron chi connectivity index (χ0n) is 15.9. The van der Waals surface area contributed by atoms with Gasteiger partial charge < -0.3 is 10.6 Å². The molecule has 2 fully saturated rings. The number of halogens is 1. The molecular weight excluding hydrogens is 358 g/mol. The van der Waals surface area contributed by atoms with E-state index in [1.165, 1.54) is 38.5 Å². The van der Waals surface area contributed by atoms with Gasteiger partial charge in [-0.1, -0.05) is 37.3 Å². The van der Waals surface area contributed by atoms with E-state index in [1.54, 1.807) is 0 Å². The molecule has 5 nitrogen and oxygen atoms in total. The molecule has 27 heavy (non-hydrogen) atoms. The third kappa shape index (κ3) is 5.15. The van der Waals surface area contributed by atoms with Crippen molar-refractivity contribution in [3.63, 3.8) is 0 Å². The number of aromatic nitrogens is 1. The molecule has 2 aliphatic carbocycles. The van der Waals surface area contributed by atoms with Crippen molar-refractivity contribution in [2.45, 2.75) is 75.5 Å². The van der Waals surface area contributed by atoms with E-state index in [9.17, 15) is 0 Å². The Morgan fingerprint density at radius 2 is 1.22 bits per heavy atom. The Labute approximate surface area is 167 Å². The molecule has 4 rings (SSSR count). The predicted molar refractivity (Wildman–Crippen MR) is 113 cm³/mol. The molecule has 0 amide bonds. The van der Waals surface area contributed by atoms with Gasteiger partial charge in [-0.05, 0) is 37.8 Å². The highest BCUT2D eigenvalue weighted by Crippen LogP contribution is 2.23. The SMILES string of the molecule is Clc1cc2nc(c1)C=N[C@@H]1CCCC[C@H]1NCCNC1CCCCC1N=C2. The second-order valence-electron chi connectivity index (χ2n) is 8.02. The molecular formula is C21H30ClN5. The van der Waals surface area contributed by atoms with Crippen molar-refractivity contribution in [3.8, 4) is 0 Å². The minimum absolute atomic E-state index is 0.323. The van der Waals surface area contributed by atoms with Gasteiger partial charge >= 0.3 is 0 Å². The van der Waals surface area contributed by atoms with Gasteiger partial charge in [-0.3, -0.25) is 9.98 Å². The van der Waals surface area contributed by atoms with Crippen LogP contribution in [0, 0.1) is 0 Å². The molecule has 2 heterocycles. The molecule has 0 radical (unpaired) electrons. The van der Waals surface area contributed by atoms with E-state index in [-0.39, 0.29) is 0 Å². The van der Waals surface area contributed by atoms with Crippen LogP contribution in [0.4, 0.5) is 0 Å². The number of nitrogens with zero attached hydrogens (tertiary/aromatic N) is 3. The molecule has 6 heteroatoms. The lowest BCUT2D eigenvalue weighted by molar-refractivity contribution is 0.308. The second-order valence-corrected chi connectivity index (χ2v) is 8.45. The van der Waals surface area contributed by atoms with Crippen LogP contribution in [-0.4, -0.2) is 54.7 Å². The fraction of sp³-hybridized carbons (Fsp3) is 0.667. The van der Waals surface area contributed by atoms with E-state index < -0.39 is 0 Å². The smallest absolute Gasteiger partial charge is 0.0830 e. The van der Waals surface area contributed by atoms with Crippen LogP contribution < -0.4 is 10.6 Å². The number of rotatable bonds is 0. The molecule has 1 aromatic rings.